The van der Waals surface area contributed by atoms with Crippen LogP contribution in [0.15, 0.2) is 30.0 Å². The molecule has 0 aliphatic rings. The third kappa shape index (κ3) is 2.51. The third-order valence-electron chi connectivity index (χ3n) is 1.33. The van der Waals surface area contributed by atoms with E-state index in [1.54, 1.807) is 6.20 Å². The van der Waals surface area contributed by atoms with Gasteiger partial charge in [0.05, 0.1) is 12.3 Å². The maximum atomic E-state index is 8.70. The third-order valence-corrected chi connectivity index (χ3v) is 1.33. The first-order valence-electron chi connectivity index (χ1n) is 3.52. The summed E-state index contributed by atoms with van der Waals surface area (Å²) in [6.07, 6.45) is 3.59. The summed E-state index contributed by atoms with van der Waals surface area (Å²) in [4.78, 5) is 4.08. The van der Waals surface area contributed by atoms with Crippen molar-refractivity contribution in [2.75, 3.05) is 6.61 Å². The highest BCUT2D eigenvalue weighted by Crippen LogP contribution is 2.01. The van der Waals surface area contributed by atoms with Gasteiger partial charge >= 0.3 is 0 Å². The van der Waals surface area contributed by atoms with Gasteiger partial charge in [0.2, 0.25) is 0 Å². The van der Waals surface area contributed by atoms with E-state index in [9.17, 15) is 0 Å². The van der Waals surface area contributed by atoms with Crippen LogP contribution < -0.4 is 0 Å². The molecule has 1 heterocycles. The van der Waals surface area contributed by atoms with E-state index in [4.69, 9.17) is 5.11 Å². The molecule has 0 atom stereocenters. The first-order valence-corrected chi connectivity index (χ1v) is 3.52. The van der Waals surface area contributed by atoms with Crippen LogP contribution in [0.5, 0.6) is 0 Å². The van der Waals surface area contributed by atoms with Crippen molar-refractivity contribution in [3.63, 3.8) is 0 Å². The molecule has 0 saturated carbocycles. The van der Waals surface area contributed by atoms with Gasteiger partial charge in [-0.3, -0.25) is 4.98 Å². The highest BCUT2D eigenvalue weighted by Gasteiger charge is 1.87. The quantitative estimate of drug-likeness (QED) is 0.690. The molecule has 2 nitrogen and oxygen atoms in total. The fraction of sp³-hybridized carbons (Fsp3) is 0.222. The summed E-state index contributed by atoms with van der Waals surface area (Å²) >= 11 is 0. The first-order chi connectivity index (χ1) is 5.33. The van der Waals surface area contributed by atoms with E-state index in [0.29, 0.717) is 0 Å². The Labute approximate surface area is 66.2 Å². The number of nitrogens with zero attached hydrogens (tertiary/aromatic N) is 1. The number of pyridine rings is 1. The van der Waals surface area contributed by atoms with Crippen molar-refractivity contribution in [1.29, 1.82) is 0 Å². The van der Waals surface area contributed by atoms with Crippen LogP contribution in [0.4, 0.5) is 0 Å². The van der Waals surface area contributed by atoms with Crippen LogP contribution in [0.3, 0.4) is 0 Å². The second-order valence-corrected chi connectivity index (χ2v) is 2.40. The predicted molar refractivity (Wildman–Crippen MR) is 45.0 cm³/mol. The summed E-state index contributed by atoms with van der Waals surface area (Å²) in [6.45, 7) is 1.96. The van der Waals surface area contributed by atoms with Crippen LogP contribution in [-0.4, -0.2) is 16.7 Å². The fourth-order valence-corrected chi connectivity index (χ4v) is 0.759. The minimum Gasteiger partial charge on any atom is -0.392 e. The average molecular weight is 149 g/mol. The molecule has 1 rings (SSSR count). The molecule has 2 heteroatoms. The van der Waals surface area contributed by atoms with E-state index >= 15 is 0 Å². The van der Waals surface area contributed by atoms with Crippen molar-refractivity contribution in [3.8, 4) is 0 Å². The molecule has 1 aromatic heterocycles. The van der Waals surface area contributed by atoms with Gasteiger partial charge in [0.15, 0.2) is 0 Å². The van der Waals surface area contributed by atoms with E-state index in [1.807, 2.05) is 31.2 Å². The summed E-state index contributed by atoms with van der Waals surface area (Å²) in [7, 11) is 0. The summed E-state index contributed by atoms with van der Waals surface area (Å²) < 4.78 is 0. The van der Waals surface area contributed by atoms with Gasteiger partial charge in [0.1, 0.15) is 0 Å². The fourth-order valence-electron chi connectivity index (χ4n) is 0.759. The molecule has 0 spiro atoms. The van der Waals surface area contributed by atoms with Crippen LogP contribution in [0, 0.1) is 0 Å². The Hall–Kier alpha value is -1.15. The molecule has 0 aliphatic heterocycles. The Bertz CT molecular complexity index is 241. The average Bonchev–Trinajstić information content (AvgIpc) is 2.06. The molecule has 0 fully saturated rings. The van der Waals surface area contributed by atoms with Gasteiger partial charge in [-0.25, -0.2) is 0 Å². The number of hydrogen-bond donors (Lipinski definition) is 1. The van der Waals surface area contributed by atoms with Crippen molar-refractivity contribution in [3.05, 3.63) is 35.7 Å². The molecule has 0 aromatic carbocycles. The highest BCUT2D eigenvalue weighted by atomic mass is 16.3. The molecule has 0 aliphatic carbocycles. The van der Waals surface area contributed by atoms with Crippen molar-refractivity contribution in [2.24, 2.45) is 0 Å². The summed E-state index contributed by atoms with van der Waals surface area (Å²) in [6, 6.07) is 5.69. The van der Waals surface area contributed by atoms with Crippen molar-refractivity contribution in [2.45, 2.75) is 6.92 Å². The maximum Gasteiger partial charge on any atom is 0.0642 e. The molecular formula is C9H11NO. The molecule has 1 N–H and O–H groups in total. The van der Waals surface area contributed by atoms with Crippen LogP contribution >= 0.6 is 0 Å². The van der Waals surface area contributed by atoms with Gasteiger partial charge in [-0.2, -0.15) is 0 Å². The smallest absolute Gasteiger partial charge is 0.0642 e. The van der Waals surface area contributed by atoms with E-state index in [1.165, 1.54) is 0 Å². The molecule has 0 amide bonds. The first kappa shape index (κ1) is 7.95. The maximum absolute atomic E-state index is 8.70. The van der Waals surface area contributed by atoms with Crippen LogP contribution in [0.1, 0.15) is 12.6 Å². The molecule has 0 radical (unpaired) electrons. The Morgan fingerprint density at radius 1 is 1.64 bits per heavy atom. The topological polar surface area (TPSA) is 33.1 Å². The standard InChI is InChI=1S/C9H11NO/c1-8(7-11)6-9-4-2-3-5-10-9/h2-6,11H,7H2,1H3. The second kappa shape index (κ2) is 3.88. The van der Waals surface area contributed by atoms with Crippen LogP contribution in [-0.2, 0) is 0 Å². The van der Waals surface area contributed by atoms with Crippen molar-refractivity contribution < 1.29 is 5.11 Å². The summed E-state index contributed by atoms with van der Waals surface area (Å²) in [5, 5.41) is 8.70. The molecule has 0 saturated heterocycles. The number of aliphatic hydroxyl groups is 1. The van der Waals surface area contributed by atoms with Crippen molar-refractivity contribution >= 4 is 6.08 Å². The normalized spacial score (nSPS) is 11.6. The minimum absolute atomic E-state index is 0.0938. The summed E-state index contributed by atoms with van der Waals surface area (Å²) in [5.41, 5.74) is 1.81. The molecule has 1 aromatic rings. The van der Waals surface area contributed by atoms with Gasteiger partial charge in [0, 0.05) is 6.20 Å². The SMILES string of the molecule is CC(=Cc1ccccn1)CO. The zero-order valence-corrected chi connectivity index (χ0v) is 6.49. The largest absolute Gasteiger partial charge is 0.392 e. The zero-order valence-electron chi connectivity index (χ0n) is 6.49. The van der Waals surface area contributed by atoms with Gasteiger partial charge in [0.25, 0.3) is 0 Å². The lowest BCUT2D eigenvalue weighted by Crippen LogP contribution is -1.85. The number of aliphatic hydroxyl groups excluding tert-OH is 1. The molecular weight excluding hydrogens is 138 g/mol. The second-order valence-electron chi connectivity index (χ2n) is 2.40. The molecule has 0 bridgehead atoms. The lowest BCUT2D eigenvalue weighted by Gasteiger charge is -1.93. The monoisotopic (exact) mass is 149 g/mol. The van der Waals surface area contributed by atoms with Gasteiger partial charge in [-0.05, 0) is 30.7 Å². The van der Waals surface area contributed by atoms with Gasteiger partial charge < -0.3 is 5.11 Å². The number of rotatable bonds is 2. The van der Waals surface area contributed by atoms with E-state index in [2.05, 4.69) is 4.98 Å². The molecule has 11 heavy (non-hydrogen) atoms. The van der Waals surface area contributed by atoms with Crippen LogP contribution in [0.25, 0.3) is 6.08 Å². The Balaban J connectivity index is 2.79. The zero-order chi connectivity index (χ0) is 8.10. The van der Waals surface area contributed by atoms with E-state index in [-0.39, 0.29) is 6.61 Å². The van der Waals surface area contributed by atoms with Gasteiger partial charge in [-0.15, -0.1) is 0 Å². The predicted octanol–water partition coefficient (Wildman–Crippen LogP) is 1.48. The number of hydrogen-bond acceptors (Lipinski definition) is 2. The Kier molecular flexibility index (Phi) is 2.81. The van der Waals surface area contributed by atoms with E-state index in [0.717, 1.165) is 11.3 Å². The lowest BCUT2D eigenvalue weighted by molar-refractivity contribution is 0.332. The summed E-state index contributed by atoms with van der Waals surface area (Å²) in [5.74, 6) is 0. The van der Waals surface area contributed by atoms with Crippen LogP contribution in [0.2, 0.25) is 0 Å². The lowest BCUT2D eigenvalue weighted by atomic mass is 10.2. The Morgan fingerprint density at radius 2 is 2.45 bits per heavy atom. The molecule has 58 valence electrons. The Morgan fingerprint density at radius 3 is 3.00 bits per heavy atom. The number of aromatic nitrogens is 1. The van der Waals surface area contributed by atoms with Crippen molar-refractivity contribution in [1.82, 2.24) is 4.98 Å². The highest BCUT2D eigenvalue weighted by molar-refractivity contribution is 5.47. The van der Waals surface area contributed by atoms with Gasteiger partial charge in [-0.1, -0.05) is 6.07 Å². The minimum atomic E-state index is 0.0938. The molecule has 0 unspecified atom stereocenters. The van der Waals surface area contributed by atoms with E-state index < -0.39 is 0 Å².